The second-order valence-electron chi connectivity index (χ2n) is 4.10. The standard InChI is InChI=1S/C11H11N3O/c1-11(2)5-10(14-15-11)9-3-4-13-7-8(9)6-12/h3-4,7H,5H2,1-2H3. The zero-order valence-corrected chi connectivity index (χ0v) is 8.69. The molecule has 0 spiro atoms. The molecule has 1 aromatic rings. The Balaban J connectivity index is 2.37. The van der Waals surface area contributed by atoms with Gasteiger partial charge in [-0.05, 0) is 19.9 Å². The van der Waals surface area contributed by atoms with Gasteiger partial charge in [0, 0.05) is 24.4 Å². The highest BCUT2D eigenvalue weighted by Gasteiger charge is 2.30. The molecule has 0 saturated heterocycles. The van der Waals surface area contributed by atoms with Crippen LogP contribution in [0, 0.1) is 11.3 Å². The molecule has 0 fully saturated rings. The summed E-state index contributed by atoms with van der Waals surface area (Å²) >= 11 is 0. The molecule has 0 unspecified atom stereocenters. The zero-order valence-electron chi connectivity index (χ0n) is 8.69. The maximum atomic E-state index is 8.92. The lowest BCUT2D eigenvalue weighted by molar-refractivity contribution is 0.0123. The minimum Gasteiger partial charge on any atom is -0.389 e. The summed E-state index contributed by atoms with van der Waals surface area (Å²) in [6.45, 7) is 3.94. The monoisotopic (exact) mass is 201 g/mol. The number of hydrogen-bond donors (Lipinski definition) is 0. The molecule has 0 aromatic carbocycles. The summed E-state index contributed by atoms with van der Waals surface area (Å²) in [5.41, 5.74) is 1.90. The molecule has 0 bridgehead atoms. The molecule has 0 radical (unpaired) electrons. The van der Waals surface area contributed by atoms with Crippen LogP contribution >= 0.6 is 0 Å². The Hall–Kier alpha value is -1.89. The van der Waals surface area contributed by atoms with Crippen LogP contribution in [0.5, 0.6) is 0 Å². The van der Waals surface area contributed by atoms with Gasteiger partial charge in [-0.15, -0.1) is 0 Å². The van der Waals surface area contributed by atoms with E-state index in [1.807, 2.05) is 13.8 Å². The maximum Gasteiger partial charge on any atom is 0.137 e. The number of oxime groups is 1. The van der Waals surface area contributed by atoms with E-state index < -0.39 is 0 Å². The van der Waals surface area contributed by atoms with Gasteiger partial charge < -0.3 is 4.84 Å². The first-order chi connectivity index (χ1) is 7.12. The van der Waals surface area contributed by atoms with Gasteiger partial charge in [-0.1, -0.05) is 5.16 Å². The molecule has 2 heterocycles. The van der Waals surface area contributed by atoms with E-state index in [1.165, 1.54) is 0 Å². The number of nitriles is 1. The molecular weight excluding hydrogens is 190 g/mol. The van der Waals surface area contributed by atoms with Gasteiger partial charge in [0.15, 0.2) is 0 Å². The normalized spacial score (nSPS) is 17.8. The van der Waals surface area contributed by atoms with Crippen molar-refractivity contribution in [3.63, 3.8) is 0 Å². The summed E-state index contributed by atoms with van der Waals surface area (Å²) in [5, 5.41) is 12.9. The van der Waals surface area contributed by atoms with Gasteiger partial charge in [-0.25, -0.2) is 0 Å². The topological polar surface area (TPSA) is 58.3 Å². The Morgan fingerprint density at radius 2 is 2.33 bits per heavy atom. The Bertz CT molecular complexity index is 457. The minimum atomic E-state index is -0.272. The predicted octanol–water partition coefficient (Wildman–Crippen LogP) is 1.86. The number of nitrogens with zero attached hydrogens (tertiary/aromatic N) is 3. The lowest BCUT2D eigenvalue weighted by Gasteiger charge is -2.13. The van der Waals surface area contributed by atoms with Crippen molar-refractivity contribution in [2.45, 2.75) is 25.9 Å². The largest absolute Gasteiger partial charge is 0.389 e. The lowest BCUT2D eigenvalue weighted by Crippen LogP contribution is -2.19. The Morgan fingerprint density at radius 3 is 2.93 bits per heavy atom. The van der Waals surface area contributed by atoms with Crippen LogP contribution in [0.2, 0.25) is 0 Å². The Kier molecular flexibility index (Phi) is 2.16. The van der Waals surface area contributed by atoms with Gasteiger partial charge in [0.2, 0.25) is 0 Å². The number of pyridine rings is 1. The Morgan fingerprint density at radius 1 is 1.53 bits per heavy atom. The second-order valence-corrected chi connectivity index (χ2v) is 4.10. The molecule has 4 nitrogen and oxygen atoms in total. The molecule has 0 amide bonds. The average molecular weight is 201 g/mol. The highest BCUT2D eigenvalue weighted by Crippen LogP contribution is 2.26. The summed E-state index contributed by atoms with van der Waals surface area (Å²) in [6.07, 6.45) is 3.92. The quantitative estimate of drug-likeness (QED) is 0.696. The van der Waals surface area contributed by atoms with Gasteiger partial charge in [0.25, 0.3) is 0 Å². The average Bonchev–Trinajstić information content (AvgIpc) is 2.59. The van der Waals surface area contributed by atoms with Crippen molar-refractivity contribution in [3.8, 4) is 6.07 Å². The fourth-order valence-electron chi connectivity index (χ4n) is 1.53. The van der Waals surface area contributed by atoms with E-state index in [1.54, 1.807) is 18.5 Å². The third-order valence-corrected chi connectivity index (χ3v) is 2.25. The highest BCUT2D eigenvalue weighted by molar-refractivity contribution is 6.03. The molecule has 1 aromatic heterocycles. The van der Waals surface area contributed by atoms with Crippen LogP contribution < -0.4 is 0 Å². The first-order valence-corrected chi connectivity index (χ1v) is 4.72. The summed E-state index contributed by atoms with van der Waals surface area (Å²) in [4.78, 5) is 9.17. The predicted molar refractivity (Wildman–Crippen MR) is 55.3 cm³/mol. The molecule has 4 heteroatoms. The van der Waals surface area contributed by atoms with E-state index in [9.17, 15) is 0 Å². The highest BCUT2D eigenvalue weighted by atomic mass is 16.7. The summed E-state index contributed by atoms with van der Waals surface area (Å²) in [6, 6.07) is 3.89. The number of hydrogen-bond acceptors (Lipinski definition) is 4. The van der Waals surface area contributed by atoms with Crippen LogP contribution in [0.4, 0.5) is 0 Å². The van der Waals surface area contributed by atoms with E-state index >= 15 is 0 Å². The minimum absolute atomic E-state index is 0.272. The van der Waals surface area contributed by atoms with Gasteiger partial charge in [0.05, 0.1) is 11.3 Å². The smallest absolute Gasteiger partial charge is 0.137 e. The molecule has 0 atom stereocenters. The molecule has 1 aliphatic heterocycles. The van der Waals surface area contributed by atoms with Crippen LogP contribution in [-0.2, 0) is 4.84 Å². The summed E-state index contributed by atoms with van der Waals surface area (Å²) < 4.78 is 0. The van der Waals surface area contributed by atoms with Crippen molar-refractivity contribution in [2.24, 2.45) is 5.16 Å². The molecule has 0 N–H and O–H groups in total. The van der Waals surface area contributed by atoms with E-state index in [2.05, 4.69) is 16.2 Å². The van der Waals surface area contributed by atoms with Crippen molar-refractivity contribution in [3.05, 3.63) is 29.6 Å². The Labute approximate surface area is 88.2 Å². The summed E-state index contributed by atoms with van der Waals surface area (Å²) in [7, 11) is 0. The first kappa shape index (κ1) is 9.66. The van der Waals surface area contributed by atoms with Gasteiger partial charge in [0.1, 0.15) is 11.7 Å². The van der Waals surface area contributed by atoms with Gasteiger partial charge >= 0.3 is 0 Å². The molecule has 2 rings (SSSR count). The molecule has 1 aliphatic rings. The van der Waals surface area contributed by atoms with Crippen LogP contribution in [0.25, 0.3) is 0 Å². The fourth-order valence-corrected chi connectivity index (χ4v) is 1.53. The van der Waals surface area contributed by atoms with Crippen molar-refractivity contribution in [1.29, 1.82) is 5.26 Å². The van der Waals surface area contributed by atoms with Crippen LogP contribution in [-0.4, -0.2) is 16.3 Å². The van der Waals surface area contributed by atoms with Gasteiger partial charge in [-0.2, -0.15) is 5.26 Å². The van der Waals surface area contributed by atoms with Gasteiger partial charge in [-0.3, -0.25) is 4.98 Å². The molecule has 76 valence electrons. The van der Waals surface area contributed by atoms with Crippen LogP contribution in [0.1, 0.15) is 31.4 Å². The summed E-state index contributed by atoms with van der Waals surface area (Å²) in [5.74, 6) is 0. The third kappa shape index (κ3) is 1.82. The molecular formula is C11H11N3O. The first-order valence-electron chi connectivity index (χ1n) is 4.72. The zero-order chi connectivity index (χ0) is 10.9. The van der Waals surface area contributed by atoms with Crippen LogP contribution in [0.15, 0.2) is 23.6 Å². The van der Waals surface area contributed by atoms with Crippen molar-refractivity contribution < 1.29 is 4.84 Å². The number of rotatable bonds is 1. The maximum absolute atomic E-state index is 8.92. The van der Waals surface area contributed by atoms with Crippen molar-refractivity contribution in [1.82, 2.24) is 4.98 Å². The van der Waals surface area contributed by atoms with Crippen LogP contribution in [0.3, 0.4) is 0 Å². The van der Waals surface area contributed by atoms with E-state index in [-0.39, 0.29) is 5.60 Å². The number of aromatic nitrogens is 1. The SMILES string of the molecule is CC1(C)CC(c2ccncc2C#N)=NO1. The molecule has 0 saturated carbocycles. The molecule has 15 heavy (non-hydrogen) atoms. The third-order valence-electron chi connectivity index (χ3n) is 2.25. The fraction of sp³-hybridized carbons (Fsp3) is 0.364. The second kappa shape index (κ2) is 3.35. The molecule has 0 aliphatic carbocycles. The van der Waals surface area contributed by atoms with E-state index in [0.29, 0.717) is 12.0 Å². The van der Waals surface area contributed by atoms with Crippen molar-refractivity contribution >= 4 is 5.71 Å². The lowest BCUT2D eigenvalue weighted by atomic mass is 9.96. The van der Waals surface area contributed by atoms with E-state index in [0.717, 1.165) is 11.3 Å². The van der Waals surface area contributed by atoms with Crippen molar-refractivity contribution in [2.75, 3.05) is 0 Å². The van der Waals surface area contributed by atoms with E-state index in [4.69, 9.17) is 10.1 Å².